The van der Waals surface area contributed by atoms with E-state index in [2.05, 4.69) is 10.2 Å². The van der Waals surface area contributed by atoms with Crippen LogP contribution in [0.15, 0.2) is 18.2 Å². The molecular formula is C12H14Cl2N2O2. The zero-order chi connectivity index (χ0) is 12.5. The molecule has 98 valence electrons. The van der Waals surface area contributed by atoms with E-state index in [1.807, 2.05) is 18.2 Å². The molecule has 1 saturated heterocycles. The molecule has 0 aromatic heterocycles. The van der Waals surface area contributed by atoms with Crippen LogP contribution in [0.2, 0.25) is 0 Å². The maximum Gasteiger partial charge on any atom is 0.206 e. The smallest absolute Gasteiger partial charge is 0.206 e. The van der Waals surface area contributed by atoms with E-state index in [0.717, 1.165) is 31.1 Å². The fourth-order valence-electron chi connectivity index (χ4n) is 2.22. The highest BCUT2D eigenvalue weighted by atomic mass is 35.5. The van der Waals surface area contributed by atoms with Crippen LogP contribution in [0.1, 0.15) is 0 Å². The van der Waals surface area contributed by atoms with Crippen LogP contribution < -0.4 is 19.7 Å². The van der Waals surface area contributed by atoms with Crippen molar-refractivity contribution in [2.24, 2.45) is 0 Å². The number of para-hydroxylation sites is 1. The van der Waals surface area contributed by atoms with Crippen LogP contribution in [0.4, 0.5) is 5.69 Å². The summed E-state index contributed by atoms with van der Waals surface area (Å²) in [7, 11) is 0. The zero-order valence-corrected chi connectivity index (χ0v) is 11.2. The molecule has 4 nitrogen and oxygen atoms in total. The maximum atomic E-state index is 6.33. The average Bonchev–Trinajstić information content (AvgIpc) is 2.39. The van der Waals surface area contributed by atoms with Crippen LogP contribution >= 0.6 is 23.2 Å². The Bertz CT molecular complexity index is 444. The predicted octanol–water partition coefficient (Wildman–Crippen LogP) is 2.00. The van der Waals surface area contributed by atoms with Crippen molar-refractivity contribution in [1.29, 1.82) is 0 Å². The highest BCUT2D eigenvalue weighted by molar-refractivity contribution is 6.22. The monoisotopic (exact) mass is 288 g/mol. The Morgan fingerprint density at radius 2 is 2.22 bits per heavy atom. The fourth-order valence-corrected chi connectivity index (χ4v) is 2.69. The van der Waals surface area contributed by atoms with Crippen molar-refractivity contribution >= 4 is 28.9 Å². The van der Waals surface area contributed by atoms with Crippen molar-refractivity contribution in [1.82, 2.24) is 5.32 Å². The number of fused-ring (bicyclic) bond motifs is 1. The largest absolute Gasteiger partial charge is 0.484 e. The van der Waals surface area contributed by atoms with Crippen LogP contribution in [0.25, 0.3) is 0 Å². The third-order valence-electron chi connectivity index (χ3n) is 3.06. The second-order valence-corrected chi connectivity index (χ2v) is 5.27. The number of hydrogen-bond acceptors (Lipinski definition) is 4. The van der Waals surface area contributed by atoms with Gasteiger partial charge in [-0.25, -0.2) is 0 Å². The number of ether oxygens (including phenoxy) is 2. The van der Waals surface area contributed by atoms with Gasteiger partial charge in [0.15, 0.2) is 11.5 Å². The van der Waals surface area contributed by atoms with Gasteiger partial charge in [0.2, 0.25) is 5.56 Å². The van der Waals surface area contributed by atoms with Gasteiger partial charge >= 0.3 is 0 Å². The van der Waals surface area contributed by atoms with Gasteiger partial charge in [-0.05, 0) is 12.1 Å². The number of nitrogens with one attached hydrogen (secondary N) is 1. The molecule has 6 heteroatoms. The number of halogens is 2. The highest BCUT2D eigenvalue weighted by Gasteiger charge is 2.28. The third kappa shape index (κ3) is 2.20. The molecule has 1 aromatic carbocycles. The summed E-state index contributed by atoms with van der Waals surface area (Å²) in [6, 6.07) is 5.81. The van der Waals surface area contributed by atoms with Gasteiger partial charge in [-0.3, -0.25) is 0 Å². The summed E-state index contributed by atoms with van der Waals surface area (Å²) >= 11 is 12.3. The van der Waals surface area contributed by atoms with Crippen molar-refractivity contribution in [3.63, 3.8) is 0 Å². The summed E-state index contributed by atoms with van der Waals surface area (Å²) in [5.74, 6) is 1.42. The Labute approximate surface area is 116 Å². The number of alkyl halides is 2. The Morgan fingerprint density at radius 3 is 3.06 bits per heavy atom. The lowest BCUT2D eigenvalue weighted by Gasteiger charge is -2.36. The number of hydrogen-bond donors (Lipinski definition) is 1. The first-order valence-corrected chi connectivity index (χ1v) is 6.81. The van der Waals surface area contributed by atoms with Crippen LogP contribution in [0.3, 0.4) is 0 Å². The van der Waals surface area contributed by atoms with E-state index in [1.165, 1.54) is 0 Å². The molecule has 1 N–H and O–H groups in total. The number of anilines is 1. The number of piperazine rings is 1. The average molecular weight is 289 g/mol. The summed E-state index contributed by atoms with van der Waals surface area (Å²) in [4.78, 5) is 2.11. The molecule has 2 aliphatic rings. The van der Waals surface area contributed by atoms with Crippen LogP contribution in [0, 0.1) is 0 Å². The second-order valence-electron chi connectivity index (χ2n) is 4.28. The predicted molar refractivity (Wildman–Crippen MR) is 72.1 cm³/mol. The first-order valence-electron chi connectivity index (χ1n) is 5.93. The van der Waals surface area contributed by atoms with Gasteiger partial charge in [0.05, 0.1) is 5.69 Å². The Balaban J connectivity index is 1.96. The SMILES string of the molecule is ClC1COc2cccc(N3CCNCC3Cl)c2O1. The van der Waals surface area contributed by atoms with Crippen molar-refractivity contribution < 1.29 is 9.47 Å². The number of nitrogens with zero attached hydrogens (tertiary/aromatic N) is 1. The highest BCUT2D eigenvalue weighted by Crippen LogP contribution is 2.42. The van der Waals surface area contributed by atoms with Gasteiger partial charge in [0.25, 0.3) is 0 Å². The standard InChI is InChI=1S/C12H14Cl2N2O2/c13-10-6-15-4-5-16(10)8-2-1-3-9-12(8)18-11(14)7-17-9/h1-3,10-11,15H,4-7H2. The maximum absolute atomic E-state index is 6.33. The second kappa shape index (κ2) is 5.03. The van der Waals surface area contributed by atoms with E-state index >= 15 is 0 Å². The number of rotatable bonds is 1. The van der Waals surface area contributed by atoms with Gasteiger partial charge < -0.3 is 19.7 Å². The molecule has 0 spiro atoms. The van der Waals surface area contributed by atoms with Crippen molar-refractivity contribution in [3.05, 3.63) is 18.2 Å². The number of benzene rings is 1. The summed E-state index contributed by atoms with van der Waals surface area (Å²) in [5, 5.41) is 3.25. The van der Waals surface area contributed by atoms with Crippen LogP contribution in [-0.4, -0.2) is 37.3 Å². The Kier molecular flexibility index (Phi) is 3.41. The lowest BCUT2D eigenvalue weighted by atomic mass is 10.2. The van der Waals surface area contributed by atoms with Crippen LogP contribution in [0.5, 0.6) is 11.5 Å². The zero-order valence-electron chi connectivity index (χ0n) is 9.73. The van der Waals surface area contributed by atoms with E-state index in [9.17, 15) is 0 Å². The molecule has 0 bridgehead atoms. The third-order valence-corrected chi connectivity index (χ3v) is 3.67. The summed E-state index contributed by atoms with van der Waals surface area (Å²) in [5.41, 5.74) is 0.402. The normalized spacial score (nSPS) is 27.1. The van der Waals surface area contributed by atoms with Gasteiger partial charge in [-0.1, -0.05) is 29.3 Å². The van der Waals surface area contributed by atoms with Crippen molar-refractivity contribution in [2.45, 2.75) is 11.1 Å². The van der Waals surface area contributed by atoms with E-state index < -0.39 is 5.56 Å². The molecule has 0 saturated carbocycles. The molecule has 0 radical (unpaired) electrons. The molecule has 0 amide bonds. The topological polar surface area (TPSA) is 33.7 Å². The minimum absolute atomic E-state index is 0.0930. The van der Waals surface area contributed by atoms with Gasteiger partial charge in [0.1, 0.15) is 12.1 Å². The molecule has 1 aromatic rings. The fraction of sp³-hybridized carbons (Fsp3) is 0.500. The van der Waals surface area contributed by atoms with Gasteiger partial charge in [-0.15, -0.1) is 0 Å². The van der Waals surface area contributed by atoms with E-state index in [0.29, 0.717) is 12.4 Å². The van der Waals surface area contributed by atoms with Gasteiger partial charge in [0, 0.05) is 19.6 Å². The van der Waals surface area contributed by atoms with Crippen LogP contribution in [-0.2, 0) is 0 Å². The molecule has 3 rings (SSSR count). The van der Waals surface area contributed by atoms with E-state index in [4.69, 9.17) is 32.7 Å². The summed E-state index contributed by atoms with van der Waals surface area (Å²) in [6.45, 7) is 2.85. The molecule has 2 aliphatic heterocycles. The lowest BCUT2D eigenvalue weighted by Crippen LogP contribution is -2.49. The minimum Gasteiger partial charge on any atom is -0.484 e. The Hall–Kier alpha value is -0.840. The molecule has 2 heterocycles. The minimum atomic E-state index is -0.449. The van der Waals surface area contributed by atoms with Crippen molar-refractivity contribution in [3.8, 4) is 11.5 Å². The molecule has 1 fully saturated rings. The molecule has 2 unspecified atom stereocenters. The Morgan fingerprint density at radius 1 is 1.33 bits per heavy atom. The summed E-state index contributed by atoms with van der Waals surface area (Å²) in [6.07, 6.45) is 0. The first kappa shape index (κ1) is 12.2. The first-order chi connectivity index (χ1) is 8.75. The summed E-state index contributed by atoms with van der Waals surface area (Å²) < 4.78 is 11.2. The quantitative estimate of drug-likeness (QED) is 0.633. The lowest BCUT2D eigenvalue weighted by molar-refractivity contribution is 0.144. The molecule has 2 atom stereocenters. The molecule has 0 aliphatic carbocycles. The van der Waals surface area contributed by atoms with E-state index in [-0.39, 0.29) is 5.50 Å². The van der Waals surface area contributed by atoms with Crippen molar-refractivity contribution in [2.75, 3.05) is 31.1 Å². The molecular weight excluding hydrogens is 275 g/mol. The van der Waals surface area contributed by atoms with E-state index in [1.54, 1.807) is 0 Å². The molecule has 18 heavy (non-hydrogen) atoms. The van der Waals surface area contributed by atoms with Gasteiger partial charge in [-0.2, -0.15) is 0 Å².